The minimum Gasteiger partial charge on any atom is -0.287 e. The lowest BCUT2D eigenvalue weighted by Crippen LogP contribution is -2.25. The van der Waals surface area contributed by atoms with Crippen LogP contribution in [0, 0.1) is 11.6 Å². The highest BCUT2D eigenvalue weighted by Gasteiger charge is 2.35. The molecule has 1 nitrogen and oxygen atoms in total. The van der Waals surface area contributed by atoms with Gasteiger partial charge >= 0.3 is 5.92 Å². The third-order valence-electron chi connectivity index (χ3n) is 1.65. The normalized spacial score (nSPS) is 11.6. The van der Waals surface area contributed by atoms with Gasteiger partial charge < -0.3 is 0 Å². The zero-order valence-corrected chi connectivity index (χ0v) is 9.04. The van der Waals surface area contributed by atoms with Gasteiger partial charge in [0.15, 0.2) is 0 Å². The van der Waals surface area contributed by atoms with E-state index in [1.807, 2.05) is 0 Å². The molecule has 1 rings (SSSR count). The van der Waals surface area contributed by atoms with E-state index in [-0.39, 0.29) is 4.47 Å². The predicted octanol–water partition coefficient (Wildman–Crippen LogP) is 3.57. The molecule has 0 aliphatic carbocycles. The molecule has 0 spiro atoms. The van der Waals surface area contributed by atoms with Crippen molar-refractivity contribution in [3.05, 3.63) is 33.8 Å². The minimum atomic E-state index is -3.72. The van der Waals surface area contributed by atoms with Gasteiger partial charge in [0.25, 0.3) is 0 Å². The minimum absolute atomic E-state index is 0.226. The summed E-state index contributed by atoms with van der Waals surface area (Å²) in [6.45, 7) is 0.328. The molecular formula is C9H5BrF4O. The van der Waals surface area contributed by atoms with Gasteiger partial charge in [-0.05, 0) is 28.1 Å². The molecule has 0 atom stereocenters. The van der Waals surface area contributed by atoms with Gasteiger partial charge in [0.05, 0.1) is 10.0 Å². The fraction of sp³-hybridized carbons (Fsp3) is 0.222. The largest absolute Gasteiger partial charge is 0.307 e. The maximum Gasteiger partial charge on any atom is 0.307 e. The molecule has 0 aliphatic heterocycles. The maximum absolute atomic E-state index is 13.1. The Morgan fingerprint density at radius 3 is 2.27 bits per heavy atom. The standard InChI is InChI=1S/C9H5BrF4O/c1-9(13,14)8(15)4-2-7(12)5(10)3-6(4)11/h2-3H,1H3. The van der Waals surface area contributed by atoms with Crippen molar-refractivity contribution < 1.29 is 22.4 Å². The number of hydrogen-bond acceptors (Lipinski definition) is 1. The highest BCUT2D eigenvalue weighted by molar-refractivity contribution is 9.10. The van der Waals surface area contributed by atoms with Gasteiger partial charge in [0.2, 0.25) is 5.78 Å². The molecule has 0 fully saturated rings. The molecule has 0 bridgehead atoms. The SMILES string of the molecule is CC(F)(F)C(=O)c1cc(F)c(Br)cc1F. The molecule has 6 heteroatoms. The van der Waals surface area contributed by atoms with Crippen LogP contribution in [-0.2, 0) is 0 Å². The van der Waals surface area contributed by atoms with Crippen molar-refractivity contribution in [3.63, 3.8) is 0 Å². The van der Waals surface area contributed by atoms with E-state index >= 15 is 0 Å². The molecule has 0 saturated carbocycles. The summed E-state index contributed by atoms with van der Waals surface area (Å²) in [5.74, 6) is -7.62. The molecule has 15 heavy (non-hydrogen) atoms. The van der Waals surface area contributed by atoms with E-state index in [1.54, 1.807) is 0 Å². The number of Topliss-reactive ketones (excluding diaryl/α,β-unsaturated/α-hetero) is 1. The highest BCUT2D eigenvalue weighted by Crippen LogP contribution is 2.25. The van der Waals surface area contributed by atoms with Crippen LogP contribution in [0.15, 0.2) is 16.6 Å². The lowest BCUT2D eigenvalue weighted by Gasteiger charge is -2.09. The van der Waals surface area contributed by atoms with E-state index < -0.39 is 28.9 Å². The van der Waals surface area contributed by atoms with Crippen molar-refractivity contribution in [2.24, 2.45) is 0 Å². The number of rotatable bonds is 2. The summed E-state index contributed by atoms with van der Waals surface area (Å²) in [5, 5.41) is 0. The van der Waals surface area contributed by atoms with Gasteiger partial charge in [-0.1, -0.05) is 0 Å². The van der Waals surface area contributed by atoms with Crippen LogP contribution in [0.2, 0.25) is 0 Å². The molecule has 1 aromatic carbocycles. The first-order valence-electron chi connectivity index (χ1n) is 3.80. The summed E-state index contributed by atoms with van der Waals surface area (Å²) in [7, 11) is 0. The molecule has 0 radical (unpaired) electrons. The van der Waals surface area contributed by atoms with Gasteiger partial charge in [-0.3, -0.25) is 4.79 Å². The molecule has 0 saturated heterocycles. The molecule has 0 unspecified atom stereocenters. The van der Waals surface area contributed by atoms with E-state index in [2.05, 4.69) is 15.9 Å². The summed E-state index contributed by atoms with van der Waals surface area (Å²) in [6.07, 6.45) is 0. The lowest BCUT2D eigenvalue weighted by molar-refractivity contribution is 0.0217. The molecule has 0 heterocycles. The Bertz CT molecular complexity index is 411. The van der Waals surface area contributed by atoms with Crippen molar-refractivity contribution in [1.29, 1.82) is 0 Å². The van der Waals surface area contributed by atoms with Crippen LogP contribution < -0.4 is 0 Å². The highest BCUT2D eigenvalue weighted by atomic mass is 79.9. The van der Waals surface area contributed by atoms with E-state index in [4.69, 9.17) is 0 Å². The van der Waals surface area contributed by atoms with Gasteiger partial charge in [-0.25, -0.2) is 8.78 Å². The van der Waals surface area contributed by atoms with Crippen LogP contribution in [0.5, 0.6) is 0 Å². The summed E-state index contributed by atoms with van der Waals surface area (Å²) in [6, 6.07) is 1.08. The van der Waals surface area contributed by atoms with Gasteiger partial charge in [-0.2, -0.15) is 8.78 Å². The number of benzene rings is 1. The molecule has 0 aromatic heterocycles. The smallest absolute Gasteiger partial charge is 0.287 e. The summed E-state index contributed by atoms with van der Waals surface area (Å²) in [5.41, 5.74) is -0.955. The quantitative estimate of drug-likeness (QED) is 0.461. The Kier molecular flexibility index (Phi) is 3.18. The number of carbonyl (C=O) groups excluding carboxylic acids is 1. The Morgan fingerprint density at radius 2 is 1.80 bits per heavy atom. The fourth-order valence-electron chi connectivity index (χ4n) is 0.933. The summed E-state index contributed by atoms with van der Waals surface area (Å²) < 4.78 is 50.9. The van der Waals surface area contributed by atoms with Crippen molar-refractivity contribution in [3.8, 4) is 0 Å². The van der Waals surface area contributed by atoms with Crippen molar-refractivity contribution in [2.75, 3.05) is 0 Å². The fourth-order valence-corrected chi connectivity index (χ4v) is 1.25. The maximum atomic E-state index is 13.1. The third-order valence-corrected chi connectivity index (χ3v) is 2.26. The zero-order chi connectivity index (χ0) is 11.8. The third kappa shape index (κ3) is 2.56. The van der Waals surface area contributed by atoms with E-state index in [1.165, 1.54) is 0 Å². The summed E-state index contributed by atoms with van der Waals surface area (Å²) >= 11 is 2.67. The van der Waals surface area contributed by atoms with E-state index in [0.29, 0.717) is 19.1 Å². The number of ketones is 1. The molecule has 1 aromatic rings. The lowest BCUT2D eigenvalue weighted by atomic mass is 10.1. The first-order chi connectivity index (χ1) is 6.73. The second-order valence-electron chi connectivity index (χ2n) is 2.96. The number of carbonyl (C=O) groups is 1. The average Bonchev–Trinajstić information content (AvgIpc) is 2.08. The van der Waals surface area contributed by atoms with Crippen molar-refractivity contribution in [1.82, 2.24) is 0 Å². The van der Waals surface area contributed by atoms with Gasteiger partial charge in [0, 0.05) is 6.92 Å². The van der Waals surface area contributed by atoms with Gasteiger partial charge in [-0.15, -0.1) is 0 Å². The first-order valence-corrected chi connectivity index (χ1v) is 4.60. The predicted molar refractivity (Wildman–Crippen MR) is 49.0 cm³/mol. The average molecular weight is 285 g/mol. The van der Waals surface area contributed by atoms with Crippen molar-refractivity contribution in [2.45, 2.75) is 12.8 Å². The second kappa shape index (κ2) is 3.92. The topological polar surface area (TPSA) is 17.1 Å². The second-order valence-corrected chi connectivity index (χ2v) is 3.82. The Balaban J connectivity index is 3.28. The monoisotopic (exact) mass is 284 g/mol. The van der Waals surface area contributed by atoms with Crippen LogP contribution in [0.3, 0.4) is 0 Å². The van der Waals surface area contributed by atoms with E-state index in [0.717, 1.165) is 0 Å². The van der Waals surface area contributed by atoms with Crippen LogP contribution in [0.4, 0.5) is 17.6 Å². The number of alkyl halides is 2. The van der Waals surface area contributed by atoms with E-state index in [9.17, 15) is 22.4 Å². The Labute approximate surface area is 91.2 Å². The Hall–Kier alpha value is -0.910. The van der Waals surface area contributed by atoms with Crippen LogP contribution in [0.1, 0.15) is 17.3 Å². The van der Waals surface area contributed by atoms with Crippen LogP contribution in [-0.4, -0.2) is 11.7 Å². The van der Waals surface area contributed by atoms with Crippen LogP contribution >= 0.6 is 15.9 Å². The molecule has 0 amide bonds. The molecular weight excluding hydrogens is 280 g/mol. The molecule has 0 N–H and O–H groups in total. The number of hydrogen-bond donors (Lipinski definition) is 0. The Morgan fingerprint density at radius 1 is 1.27 bits per heavy atom. The number of halogens is 5. The van der Waals surface area contributed by atoms with Crippen molar-refractivity contribution >= 4 is 21.7 Å². The van der Waals surface area contributed by atoms with Crippen LogP contribution in [0.25, 0.3) is 0 Å². The molecule has 0 aliphatic rings. The zero-order valence-electron chi connectivity index (χ0n) is 7.45. The summed E-state index contributed by atoms with van der Waals surface area (Å²) in [4.78, 5) is 11.0. The molecule has 82 valence electrons. The van der Waals surface area contributed by atoms with Gasteiger partial charge in [0.1, 0.15) is 11.6 Å². The first kappa shape index (κ1) is 12.2.